The number of ether oxygens (including phenoxy) is 1. The van der Waals surface area contributed by atoms with Crippen molar-refractivity contribution in [3.8, 4) is 0 Å². The number of rotatable bonds is 3. The SMILES string of the molecule is O=C(O)c1cnc(CC2CCOCC2)s1. The number of hydrogen-bond donors (Lipinski definition) is 1. The first-order valence-electron chi connectivity index (χ1n) is 5.01. The molecule has 15 heavy (non-hydrogen) atoms. The highest BCUT2D eigenvalue weighted by molar-refractivity contribution is 7.13. The summed E-state index contributed by atoms with van der Waals surface area (Å²) in [5, 5.41) is 9.68. The second kappa shape index (κ2) is 4.72. The summed E-state index contributed by atoms with van der Waals surface area (Å²) in [6.45, 7) is 1.64. The smallest absolute Gasteiger partial charge is 0.347 e. The first-order valence-corrected chi connectivity index (χ1v) is 5.83. The Bertz CT molecular complexity index is 344. The van der Waals surface area contributed by atoms with Crippen LogP contribution < -0.4 is 0 Å². The van der Waals surface area contributed by atoms with Crippen molar-refractivity contribution in [2.24, 2.45) is 5.92 Å². The van der Waals surface area contributed by atoms with E-state index in [9.17, 15) is 4.79 Å². The van der Waals surface area contributed by atoms with Gasteiger partial charge >= 0.3 is 5.97 Å². The first kappa shape index (κ1) is 10.6. The summed E-state index contributed by atoms with van der Waals surface area (Å²) >= 11 is 1.28. The van der Waals surface area contributed by atoms with E-state index in [1.807, 2.05) is 0 Å². The van der Waals surface area contributed by atoms with Crippen molar-refractivity contribution in [1.82, 2.24) is 4.98 Å². The Kier molecular flexibility index (Phi) is 3.33. The van der Waals surface area contributed by atoms with Crippen molar-refractivity contribution in [3.63, 3.8) is 0 Å². The Hall–Kier alpha value is -0.940. The molecule has 0 amide bonds. The number of hydrogen-bond acceptors (Lipinski definition) is 4. The molecule has 0 radical (unpaired) electrons. The Morgan fingerprint density at radius 1 is 1.60 bits per heavy atom. The molecule has 1 aromatic heterocycles. The summed E-state index contributed by atoms with van der Waals surface area (Å²) in [5.41, 5.74) is 0. The topological polar surface area (TPSA) is 59.4 Å². The molecule has 0 atom stereocenters. The summed E-state index contributed by atoms with van der Waals surface area (Å²) in [6, 6.07) is 0. The van der Waals surface area contributed by atoms with Gasteiger partial charge in [-0.25, -0.2) is 9.78 Å². The molecular formula is C10H13NO3S. The molecule has 1 aliphatic rings. The second-order valence-corrected chi connectivity index (χ2v) is 4.80. The highest BCUT2D eigenvalue weighted by Crippen LogP contribution is 2.22. The lowest BCUT2D eigenvalue weighted by molar-refractivity contribution is 0.0665. The standard InChI is InChI=1S/C10H13NO3S/c12-10(13)8-6-11-9(15-8)5-7-1-3-14-4-2-7/h6-7H,1-5H2,(H,12,13). The van der Waals surface area contributed by atoms with Crippen LogP contribution in [0.4, 0.5) is 0 Å². The van der Waals surface area contributed by atoms with Gasteiger partial charge in [0.05, 0.1) is 11.2 Å². The van der Waals surface area contributed by atoms with Crippen molar-refractivity contribution < 1.29 is 14.6 Å². The van der Waals surface area contributed by atoms with E-state index in [1.54, 1.807) is 0 Å². The van der Waals surface area contributed by atoms with Gasteiger partial charge in [0.25, 0.3) is 0 Å². The molecule has 5 heteroatoms. The minimum atomic E-state index is -0.884. The van der Waals surface area contributed by atoms with Crippen LogP contribution in [0.3, 0.4) is 0 Å². The molecule has 2 rings (SSSR count). The average molecular weight is 227 g/mol. The number of carboxylic acid groups (broad SMARTS) is 1. The van der Waals surface area contributed by atoms with Gasteiger partial charge < -0.3 is 9.84 Å². The molecule has 1 N–H and O–H groups in total. The number of thiazole rings is 1. The van der Waals surface area contributed by atoms with E-state index in [0.717, 1.165) is 37.5 Å². The molecule has 4 nitrogen and oxygen atoms in total. The molecule has 1 aromatic rings. The lowest BCUT2D eigenvalue weighted by atomic mass is 9.97. The molecule has 1 aliphatic heterocycles. The van der Waals surface area contributed by atoms with Crippen LogP contribution in [0.1, 0.15) is 27.5 Å². The molecule has 0 saturated carbocycles. The van der Waals surface area contributed by atoms with Gasteiger partial charge in [-0.3, -0.25) is 0 Å². The zero-order chi connectivity index (χ0) is 10.7. The maximum atomic E-state index is 10.7. The molecule has 0 aromatic carbocycles. The van der Waals surface area contributed by atoms with E-state index in [2.05, 4.69) is 4.98 Å². The number of carboxylic acids is 1. The maximum Gasteiger partial charge on any atom is 0.347 e. The lowest BCUT2D eigenvalue weighted by Gasteiger charge is -2.20. The van der Waals surface area contributed by atoms with Gasteiger partial charge in [-0.2, -0.15) is 0 Å². The van der Waals surface area contributed by atoms with Crippen molar-refractivity contribution >= 4 is 17.3 Å². The quantitative estimate of drug-likeness (QED) is 0.855. The van der Waals surface area contributed by atoms with Gasteiger partial charge in [-0.1, -0.05) is 0 Å². The van der Waals surface area contributed by atoms with E-state index in [0.29, 0.717) is 10.8 Å². The third-order valence-corrected chi connectivity index (χ3v) is 3.58. The van der Waals surface area contributed by atoms with Crippen molar-refractivity contribution in [3.05, 3.63) is 16.1 Å². The zero-order valence-corrected chi connectivity index (χ0v) is 9.13. The Morgan fingerprint density at radius 3 is 2.93 bits per heavy atom. The van der Waals surface area contributed by atoms with Crippen molar-refractivity contribution in [1.29, 1.82) is 0 Å². The normalized spacial score (nSPS) is 17.9. The predicted octanol–water partition coefficient (Wildman–Crippen LogP) is 1.81. The molecule has 0 spiro atoms. The van der Waals surface area contributed by atoms with Gasteiger partial charge in [-0.05, 0) is 18.8 Å². The fourth-order valence-electron chi connectivity index (χ4n) is 1.70. The number of aromatic nitrogens is 1. The van der Waals surface area contributed by atoms with Crippen LogP contribution in [0, 0.1) is 5.92 Å². The average Bonchev–Trinajstić information content (AvgIpc) is 2.68. The Balaban J connectivity index is 1.94. The summed E-state index contributed by atoms with van der Waals surface area (Å²) in [5.74, 6) is -0.280. The summed E-state index contributed by atoms with van der Waals surface area (Å²) < 4.78 is 5.27. The Morgan fingerprint density at radius 2 is 2.33 bits per heavy atom. The molecule has 82 valence electrons. The summed E-state index contributed by atoms with van der Waals surface area (Å²) in [6.07, 6.45) is 4.45. The molecule has 0 unspecified atom stereocenters. The van der Waals surface area contributed by atoms with E-state index in [1.165, 1.54) is 17.5 Å². The molecule has 1 fully saturated rings. The summed E-state index contributed by atoms with van der Waals surface area (Å²) in [4.78, 5) is 15.1. The fraction of sp³-hybridized carbons (Fsp3) is 0.600. The van der Waals surface area contributed by atoms with E-state index in [-0.39, 0.29) is 0 Å². The van der Waals surface area contributed by atoms with Gasteiger partial charge in [0.15, 0.2) is 0 Å². The molecule has 1 saturated heterocycles. The van der Waals surface area contributed by atoms with Crippen LogP contribution >= 0.6 is 11.3 Å². The fourth-order valence-corrected chi connectivity index (χ4v) is 2.57. The van der Waals surface area contributed by atoms with Crippen LogP contribution in [0.25, 0.3) is 0 Å². The van der Waals surface area contributed by atoms with Gasteiger partial charge in [-0.15, -0.1) is 11.3 Å². The molecular weight excluding hydrogens is 214 g/mol. The number of nitrogens with zero attached hydrogens (tertiary/aromatic N) is 1. The van der Waals surface area contributed by atoms with Crippen LogP contribution in [0.5, 0.6) is 0 Å². The number of aromatic carboxylic acids is 1. The highest BCUT2D eigenvalue weighted by atomic mass is 32.1. The lowest BCUT2D eigenvalue weighted by Crippen LogP contribution is -2.17. The van der Waals surface area contributed by atoms with E-state index < -0.39 is 5.97 Å². The predicted molar refractivity (Wildman–Crippen MR) is 56.3 cm³/mol. The van der Waals surface area contributed by atoms with Crippen LogP contribution in [-0.2, 0) is 11.2 Å². The minimum Gasteiger partial charge on any atom is -0.477 e. The van der Waals surface area contributed by atoms with Crippen LogP contribution in [0.2, 0.25) is 0 Å². The van der Waals surface area contributed by atoms with Crippen LogP contribution in [0.15, 0.2) is 6.20 Å². The zero-order valence-electron chi connectivity index (χ0n) is 8.31. The van der Waals surface area contributed by atoms with Gasteiger partial charge in [0.2, 0.25) is 0 Å². The van der Waals surface area contributed by atoms with E-state index >= 15 is 0 Å². The second-order valence-electron chi connectivity index (χ2n) is 3.68. The highest BCUT2D eigenvalue weighted by Gasteiger charge is 2.17. The van der Waals surface area contributed by atoms with Crippen LogP contribution in [-0.4, -0.2) is 29.3 Å². The largest absolute Gasteiger partial charge is 0.477 e. The molecule has 0 aliphatic carbocycles. The third-order valence-electron chi connectivity index (χ3n) is 2.57. The third kappa shape index (κ3) is 2.76. The monoisotopic (exact) mass is 227 g/mol. The number of carbonyl (C=O) groups is 1. The first-order chi connectivity index (χ1) is 7.25. The minimum absolute atomic E-state index is 0.331. The van der Waals surface area contributed by atoms with Gasteiger partial charge in [0.1, 0.15) is 4.88 Å². The van der Waals surface area contributed by atoms with Gasteiger partial charge in [0, 0.05) is 19.6 Å². The summed E-state index contributed by atoms with van der Waals surface area (Å²) in [7, 11) is 0. The van der Waals surface area contributed by atoms with Crippen molar-refractivity contribution in [2.45, 2.75) is 19.3 Å². The van der Waals surface area contributed by atoms with Crippen molar-refractivity contribution in [2.75, 3.05) is 13.2 Å². The molecule has 2 heterocycles. The maximum absolute atomic E-state index is 10.7. The van der Waals surface area contributed by atoms with E-state index in [4.69, 9.17) is 9.84 Å². The Labute approximate surface area is 91.9 Å². The molecule has 0 bridgehead atoms.